The Balaban J connectivity index is 1.87. The smallest absolute Gasteiger partial charge is 0.283 e. The molecule has 0 aromatic heterocycles. The van der Waals surface area contributed by atoms with Gasteiger partial charge in [0, 0.05) is 37.1 Å². The molecule has 1 aromatic carbocycles. The minimum atomic E-state index is -0.635. The van der Waals surface area contributed by atoms with Crippen LogP contribution in [0.15, 0.2) is 18.2 Å². The zero-order valence-electron chi connectivity index (χ0n) is 11.9. The normalized spacial score (nSPS) is 14.2. The van der Waals surface area contributed by atoms with Crippen LogP contribution in [0.3, 0.4) is 0 Å². The predicted molar refractivity (Wildman–Crippen MR) is 80.9 cm³/mol. The van der Waals surface area contributed by atoms with Crippen LogP contribution in [0.1, 0.15) is 29.6 Å². The fraction of sp³-hybridized carbons (Fsp3) is 0.429. The van der Waals surface area contributed by atoms with E-state index in [0.29, 0.717) is 25.9 Å². The zero-order chi connectivity index (χ0) is 16.1. The number of nitro groups is 1. The average Bonchev–Trinajstić information content (AvgIpc) is 2.88. The van der Waals surface area contributed by atoms with Gasteiger partial charge in [-0.05, 0) is 25.0 Å². The number of amides is 2. The number of nitro benzene ring substituents is 1. The van der Waals surface area contributed by atoms with Crippen LogP contribution in [0.5, 0.6) is 0 Å². The summed E-state index contributed by atoms with van der Waals surface area (Å²) in [5.41, 5.74) is -0.341. The number of hydrogen-bond acceptors (Lipinski definition) is 4. The average molecular weight is 326 g/mol. The second kappa shape index (κ2) is 7.22. The lowest BCUT2D eigenvalue weighted by atomic mass is 10.1. The summed E-state index contributed by atoms with van der Waals surface area (Å²) in [6.45, 7) is 1.69. The third-order valence-corrected chi connectivity index (χ3v) is 3.70. The van der Waals surface area contributed by atoms with Gasteiger partial charge < -0.3 is 10.2 Å². The molecular formula is C14H16ClN3O4. The topological polar surface area (TPSA) is 92.6 Å². The van der Waals surface area contributed by atoms with E-state index in [0.717, 1.165) is 19.0 Å². The highest BCUT2D eigenvalue weighted by Gasteiger charge is 2.21. The first-order valence-corrected chi connectivity index (χ1v) is 7.37. The number of halogens is 1. The molecule has 22 heavy (non-hydrogen) atoms. The van der Waals surface area contributed by atoms with Gasteiger partial charge in [0.05, 0.1) is 4.92 Å². The second-order valence-corrected chi connectivity index (χ2v) is 5.45. The SMILES string of the molecule is O=C(NCCCN1CCCC1=O)c1ccc(Cl)cc1[N+](=O)[O-]. The summed E-state index contributed by atoms with van der Waals surface area (Å²) in [6, 6.07) is 3.92. The van der Waals surface area contributed by atoms with Crippen LogP contribution in [0.2, 0.25) is 5.02 Å². The maximum Gasteiger partial charge on any atom is 0.283 e. The molecule has 2 amide bonds. The van der Waals surface area contributed by atoms with Gasteiger partial charge in [-0.3, -0.25) is 19.7 Å². The van der Waals surface area contributed by atoms with Crippen LogP contribution >= 0.6 is 11.6 Å². The summed E-state index contributed by atoms with van der Waals surface area (Å²) >= 11 is 5.71. The minimum absolute atomic E-state index is 0.0216. The molecule has 1 saturated heterocycles. The number of benzene rings is 1. The quantitative estimate of drug-likeness (QED) is 0.492. The monoisotopic (exact) mass is 325 g/mol. The molecule has 0 saturated carbocycles. The first-order chi connectivity index (χ1) is 10.5. The van der Waals surface area contributed by atoms with Crippen molar-refractivity contribution >= 4 is 29.1 Å². The van der Waals surface area contributed by atoms with Crippen molar-refractivity contribution in [3.05, 3.63) is 38.9 Å². The fourth-order valence-electron chi connectivity index (χ4n) is 2.36. The van der Waals surface area contributed by atoms with E-state index < -0.39 is 10.8 Å². The van der Waals surface area contributed by atoms with Crippen molar-refractivity contribution in [2.75, 3.05) is 19.6 Å². The largest absolute Gasteiger partial charge is 0.352 e. The third-order valence-electron chi connectivity index (χ3n) is 3.46. The van der Waals surface area contributed by atoms with Crippen LogP contribution in [0, 0.1) is 10.1 Å². The van der Waals surface area contributed by atoms with E-state index in [1.54, 1.807) is 4.90 Å². The molecule has 8 heteroatoms. The number of nitrogens with zero attached hydrogens (tertiary/aromatic N) is 2. The number of likely N-dealkylation sites (tertiary alicyclic amines) is 1. The molecule has 1 aliphatic heterocycles. The maximum atomic E-state index is 12.0. The van der Waals surface area contributed by atoms with Gasteiger partial charge in [-0.2, -0.15) is 0 Å². The Kier molecular flexibility index (Phi) is 5.32. The van der Waals surface area contributed by atoms with Crippen molar-refractivity contribution in [2.45, 2.75) is 19.3 Å². The molecule has 0 atom stereocenters. The number of rotatable bonds is 6. The van der Waals surface area contributed by atoms with Gasteiger partial charge in [0.2, 0.25) is 5.91 Å². The number of carbonyl (C=O) groups is 2. The zero-order valence-corrected chi connectivity index (χ0v) is 12.6. The van der Waals surface area contributed by atoms with Crippen molar-refractivity contribution < 1.29 is 14.5 Å². The van der Waals surface area contributed by atoms with E-state index in [2.05, 4.69) is 5.32 Å². The highest BCUT2D eigenvalue weighted by atomic mass is 35.5. The molecule has 0 unspecified atom stereocenters. The maximum absolute atomic E-state index is 12.0. The van der Waals surface area contributed by atoms with Crippen molar-refractivity contribution in [1.82, 2.24) is 10.2 Å². The lowest BCUT2D eigenvalue weighted by molar-refractivity contribution is -0.385. The Labute approximate surface area is 132 Å². The Morgan fingerprint density at radius 2 is 2.23 bits per heavy atom. The first-order valence-electron chi connectivity index (χ1n) is 6.99. The molecule has 1 N–H and O–H groups in total. The van der Waals surface area contributed by atoms with E-state index in [4.69, 9.17) is 11.6 Å². The summed E-state index contributed by atoms with van der Waals surface area (Å²) in [6.07, 6.45) is 2.07. The Bertz CT molecular complexity index is 606. The second-order valence-electron chi connectivity index (χ2n) is 5.01. The standard InChI is InChI=1S/C14H16ClN3O4/c15-10-4-5-11(12(9-10)18(21)22)14(20)16-6-2-8-17-7-1-3-13(17)19/h4-5,9H,1-3,6-8H2,(H,16,20). The molecule has 118 valence electrons. The molecule has 1 aromatic rings. The molecule has 1 heterocycles. The van der Waals surface area contributed by atoms with Gasteiger partial charge in [-0.25, -0.2) is 0 Å². The van der Waals surface area contributed by atoms with E-state index >= 15 is 0 Å². The first kappa shape index (κ1) is 16.2. The van der Waals surface area contributed by atoms with E-state index in [1.807, 2.05) is 0 Å². The van der Waals surface area contributed by atoms with Crippen LogP contribution in [0.25, 0.3) is 0 Å². The Hall–Kier alpha value is -2.15. The van der Waals surface area contributed by atoms with Gasteiger partial charge >= 0.3 is 0 Å². The van der Waals surface area contributed by atoms with Gasteiger partial charge in [0.25, 0.3) is 11.6 Å². The lowest BCUT2D eigenvalue weighted by Crippen LogP contribution is -2.30. The predicted octanol–water partition coefficient (Wildman–Crippen LogP) is 1.99. The van der Waals surface area contributed by atoms with E-state index in [-0.39, 0.29) is 22.2 Å². The van der Waals surface area contributed by atoms with Crippen molar-refractivity contribution in [2.24, 2.45) is 0 Å². The summed E-state index contributed by atoms with van der Waals surface area (Å²) < 4.78 is 0. The van der Waals surface area contributed by atoms with E-state index in [1.165, 1.54) is 12.1 Å². The van der Waals surface area contributed by atoms with Crippen molar-refractivity contribution in [1.29, 1.82) is 0 Å². The molecule has 1 fully saturated rings. The summed E-state index contributed by atoms with van der Waals surface area (Å²) in [7, 11) is 0. The van der Waals surface area contributed by atoms with Gasteiger partial charge in [-0.15, -0.1) is 0 Å². The molecule has 0 spiro atoms. The molecular weight excluding hydrogens is 310 g/mol. The Morgan fingerprint density at radius 3 is 2.86 bits per heavy atom. The molecule has 1 aliphatic rings. The van der Waals surface area contributed by atoms with Crippen LogP contribution < -0.4 is 5.32 Å². The fourth-order valence-corrected chi connectivity index (χ4v) is 2.52. The highest BCUT2D eigenvalue weighted by molar-refractivity contribution is 6.31. The number of carbonyl (C=O) groups excluding carboxylic acids is 2. The Morgan fingerprint density at radius 1 is 1.45 bits per heavy atom. The molecule has 0 aliphatic carbocycles. The van der Waals surface area contributed by atoms with E-state index in [9.17, 15) is 19.7 Å². The van der Waals surface area contributed by atoms with Gasteiger partial charge in [-0.1, -0.05) is 11.6 Å². The molecule has 2 rings (SSSR count). The molecule has 0 bridgehead atoms. The van der Waals surface area contributed by atoms with Crippen LogP contribution in [-0.4, -0.2) is 41.3 Å². The summed E-state index contributed by atoms with van der Waals surface area (Å²) in [4.78, 5) is 35.5. The summed E-state index contributed by atoms with van der Waals surface area (Å²) in [5.74, 6) is -0.379. The lowest BCUT2D eigenvalue weighted by Gasteiger charge is -2.15. The number of hydrogen-bond donors (Lipinski definition) is 1. The van der Waals surface area contributed by atoms with Crippen molar-refractivity contribution in [3.8, 4) is 0 Å². The van der Waals surface area contributed by atoms with Crippen LogP contribution in [0.4, 0.5) is 5.69 Å². The van der Waals surface area contributed by atoms with Gasteiger partial charge in [0.15, 0.2) is 0 Å². The highest BCUT2D eigenvalue weighted by Crippen LogP contribution is 2.23. The third kappa shape index (κ3) is 3.94. The number of nitrogens with one attached hydrogen (secondary N) is 1. The van der Waals surface area contributed by atoms with Crippen LogP contribution in [-0.2, 0) is 4.79 Å². The van der Waals surface area contributed by atoms with Gasteiger partial charge in [0.1, 0.15) is 5.56 Å². The summed E-state index contributed by atoms with van der Waals surface area (Å²) in [5, 5.41) is 13.8. The minimum Gasteiger partial charge on any atom is -0.352 e. The van der Waals surface area contributed by atoms with Crippen molar-refractivity contribution in [3.63, 3.8) is 0 Å². The molecule has 0 radical (unpaired) electrons. The molecule has 7 nitrogen and oxygen atoms in total.